The van der Waals surface area contributed by atoms with Gasteiger partial charge in [0, 0.05) is 17.5 Å². The molecule has 0 fully saturated rings. The summed E-state index contributed by atoms with van der Waals surface area (Å²) in [5.41, 5.74) is 1.86. The molecule has 1 heterocycles. The Morgan fingerprint density at radius 3 is 2.55 bits per heavy atom. The lowest BCUT2D eigenvalue weighted by molar-refractivity contribution is -0.132. The molecule has 2 aromatic carbocycles. The highest BCUT2D eigenvalue weighted by atomic mass is 16.5. The van der Waals surface area contributed by atoms with Crippen molar-refractivity contribution in [1.82, 2.24) is 0 Å². The van der Waals surface area contributed by atoms with Gasteiger partial charge in [0.1, 0.15) is 0 Å². The Hall–Kier alpha value is -2.42. The molecule has 22 heavy (non-hydrogen) atoms. The van der Waals surface area contributed by atoms with E-state index in [0.29, 0.717) is 12.3 Å². The summed E-state index contributed by atoms with van der Waals surface area (Å²) in [7, 11) is 0. The Morgan fingerprint density at radius 2 is 1.86 bits per heavy atom. The van der Waals surface area contributed by atoms with Gasteiger partial charge in [-0.25, -0.2) is 0 Å². The normalized spacial score (nSPS) is 20.6. The molecule has 1 aliphatic heterocycles. The van der Waals surface area contributed by atoms with Gasteiger partial charge in [0.2, 0.25) is 11.5 Å². The van der Waals surface area contributed by atoms with Gasteiger partial charge in [-0.05, 0) is 19.1 Å². The van der Waals surface area contributed by atoms with Crippen molar-refractivity contribution in [3.63, 3.8) is 0 Å². The predicted octanol–water partition coefficient (Wildman–Crippen LogP) is 3.99. The van der Waals surface area contributed by atoms with E-state index in [4.69, 9.17) is 4.74 Å². The number of carbonyl (C=O) groups is 1. The van der Waals surface area contributed by atoms with E-state index in [-0.39, 0.29) is 5.91 Å². The third kappa shape index (κ3) is 2.43. The maximum Gasteiger partial charge on any atom is 0.297 e. The number of nitrogens with zero attached hydrogens (tertiary/aromatic N) is 1. The number of ether oxygens (including phenoxy) is 1. The van der Waals surface area contributed by atoms with Crippen molar-refractivity contribution in [2.24, 2.45) is 4.99 Å². The van der Waals surface area contributed by atoms with Gasteiger partial charge in [0.05, 0.1) is 0 Å². The first-order valence-electron chi connectivity index (χ1n) is 7.60. The predicted molar refractivity (Wildman–Crippen MR) is 86.8 cm³/mol. The summed E-state index contributed by atoms with van der Waals surface area (Å²) in [6, 6.07) is 17.5. The largest absolute Gasteiger partial charge is 0.455 e. The monoisotopic (exact) mass is 293 g/mol. The molecule has 3 rings (SSSR count). The molecule has 1 amide bonds. The topological polar surface area (TPSA) is 38.7 Å². The SMILES string of the molecule is CCC[C@]1(c2ccccc2)OC(c2cccc(C)c2)=NC1=O. The second-order valence-electron chi connectivity index (χ2n) is 5.64. The van der Waals surface area contributed by atoms with Crippen LogP contribution in [0.25, 0.3) is 0 Å². The van der Waals surface area contributed by atoms with E-state index in [9.17, 15) is 4.79 Å². The first kappa shape index (κ1) is 14.5. The van der Waals surface area contributed by atoms with Gasteiger partial charge in [0.15, 0.2) is 0 Å². The minimum Gasteiger partial charge on any atom is -0.455 e. The molecule has 3 heteroatoms. The lowest BCUT2D eigenvalue weighted by atomic mass is 9.88. The Kier molecular flexibility index (Phi) is 3.80. The van der Waals surface area contributed by atoms with Crippen LogP contribution in [0.5, 0.6) is 0 Å². The van der Waals surface area contributed by atoms with Crippen LogP contribution in [0.2, 0.25) is 0 Å². The molecule has 3 nitrogen and oxygen atoms in total. The number of hydrogen-bond acceptors (Lipinski definition) is 2. The minimum absolute atomic E-state index is 0.211. The maximum absolute atomic E-state index is 12.6. The highest BCUT2D eigenvalue weighted by Crippen LogP contribution is 2.37. The molecule has 0 spiro atoms. The molecule has 112 valence electrons. The van der Waals surface area contributed by atoms with Crippen LogP contribution in [0.15, 0.2) is 59.6 Å². The molecule has 1 atom stereocenters. The van der Waals surface area contributed by atoms with Crippen molar-refractivity contribution in [3.05, 3.63) is 71.3 Å². The van der Waals surface area contributed by atoms with E-state index in [0.717, 1.165) is 23.1 Å². The van der Waals surface area contributed by atoms with Crippen LogP contribution >= 0.6 is 0 Å². The summed E-state index contributed by atoms with van der Waals surface area (Å²) in [4.78, 5) is 16.8. The molecular formula is C19H19NO2. The summed E-state index contributed by atoms with van der Waals surface area (Å²) < 4.78 is 6.13. The van der Waals surface area contributed by atoms with Crippen LogP contribution in [0.4, 0.5) is 0 Å². The van der Waals surface area contributed by atoms with E-state index in [1.54, 1.807) is 0 Å². The fourth-order valence-electron chi connectivity index (χ4n) is 2.86. The van der Waals surface area contributed by atoms with E-state index in [1.165, 1.54) is 0 Å². The van der Waals surface area contributed by atoms with Crippen molar-refractivity contribution < 1.29 is 9.53 Å². The minimum atomic E-state index is -0.977. The van der Waals surface area contributed by atoms with Crippen molar-refractivity contribution >= 4 is 11.8 Å². The van der Waals surface area contributed by atoms with Crippen LogP contribution in [0.3, 0.4) is 0 Å². The zero-order valence-electron chi connectivity index (χ0n) is 12.9. The molecule has 0 aliphatic carbocycles. The standard InChI is InChI=1S/C19H19NO2/c1-3-12-19(16-10-5-4-6-11-16)18(21)20-17(22-19)15-9-7-8-14(2)13-15/h4-11,13H,3,12H2,1-2H3/t19-/m1/s1. The van der Waals surface area contributed by atoms with Crippen molar-refractivity contribution in [2.45, 2.75) is 32.3 Å². The third-order valence-corrected chi connectivity index (χ3v) is 3.93. The van der Waals surface area contributed by atoms with Gasteiger partial charge in [-0.1, -0.05) is 61.4 Å². The number of aryl methyl sites for hydroxylation is 1. The number of benzene rings is 2. The first-order chi connectivity index (χ1) is 10.7. The average molecular weight is 293 g/mol. The fraction of sp³-hybridized carbons (Fsp3) is 0.263. The number of rotatable bonds is 4. The zero-order valence-corrected chi connectivity index (χ0v) is 12.9. The van der Waals surface area contributed by atoms with Gasteiger partial charge in [-0.15, -0.1) is 0 Å². The molecule has 0 bridgehead atoms. The molecule has 0 saturated heterocycles. The Morgan fingerprint density at radius 1 is 1.09 bits per heavy atom. The molecule has 0 radical (unpaired) electrons. The van der Waals surface area contributed by atoms with Crippen LogP contribution in [-0.4, -0.2) is 11.8 Å². The molecule has 1 aliphatic rings. The van der Waals surface area contributed by atoms with Gasteiger partial charge >= 0.3 is 0 Å². The maximum atomic E-state index is 12.6. The molecule has 0 N–H and O–H groups in total. The fourth-order valence-corrected chi connectivity index (χ4v) is 2.86. The van der Waals surface area contributed by atoms with E-state index < -0.39 is 5.60 Å². The summed E-state index contributed by atoms with van der Waals surface area (Å²) in [6.45, 7) is 4.06. The molecule has 0 unspecified atom stereocenters. The zero-order chi connectivity index (χ0) is 15.6. The molecule has 2 aromatic rings. The summed E-state index contributed by atoms with van der Waals surface area (Å²) >= 11 is 0. The number of aliphatic imine (C=N–C) groups is 1. The van der Waals surface area contributed by atoms with Crippen LogP contribution < -0.4 is 0 Å². The van der Waals surface area contributed by atoms with Crippen LogP contribution in [0, 0.1) is 6.92 Å². The number of carbonyl (C=O) groups excluding carboxylic acids is 1. The summed E-state index contributed by atoms with van der Waals surface area (Å²) in [5.74, 6) is 0.211. The van der Waals surface area contributed by atoms with Gasteiger partial charge in [0.25, 0.3) is 5.91 Å². The highest BCUT2D eigenvalue weighted by molar-refractivity contribution is 6.09. The first-order valence-corrected chi connectivity index (χ1v) is 7.60. The summed E-state index contributed by atoms with van der Waals surface area (Å²) in [5, 5.41) is 0. The highest BCUT2D eigenvalue weighted by Gasteiger charge is 2.47. The lowest BCUT2D eigenvalue weighted by Crippen LogP contribution is -2.34. The number of amides is 1. The van der Waals surface area contributed by atoms with Crippen LogP contribution in [-0.2, 0) is 15.1 Å². The van der Waals surface area contributed by atoms with Crippen LogP contribution in [0.1, 0.15) is 36.5 Å². The van der Waals surface area contributed by atoms with E-state index in [2.05, 4.69) is 4.99 Å². The second-order valence-corrected chi connectivity index (χ2v) is 5.64. The lowest BCUT2D eigenvalue weighted by Gasteiger charge is -2.26. The average Bonchev–Trinajstić information content (AvgIpc) is 2.87. The van der Waals surface area contributed by atoms with E-state index in [1.807, 2.05) is 68.4 Å². The third-order valence-electron chi connectivity index (χ3n) is 3.93. The van der Waals surface area contributed by atoms with E-state index >= 15 is 0 Å². The molecular weight excluding hydrogens is 274 g/mol. The van der Waals surface area contributed by atoms with Crippen molar-refractivity contribution in [3.8, 4) is 0 Å². The second kappa shape index (κ2) is 5.76. The molecule has 0 saturated carbocycles. The van der Waals surface area contributed by atoms with Crippen molar-refractivity contribution in [1.29, 1.82) is 0 Å². The van der Waals surface area contributed by atoms with Gasteiger partial charge in [-0.3, -0.25) is 4.79 Å². The smallest absolute Gasteiger partial charge is 0.297 e. The summed E-state index contributed by atoms with van der Waals surface area (Å²) in [6.07, 6.45) is 1.46. The van der Waals surface area contributed by atoms with Crippen molar-refractivity contribution in [2.75, 3.05) is 0 Å². The Bertz CT molecular complexity index is 721. The van der Waals surface area contributed by atoms with Gasteiger partial charge in [-0.2, -0.15) is 4.99 Å². The van der Waals surface area contributed by atoms with Gasteiger partial charge < -0.3 is 4.74 Å². The molecule has 0 aromatic heterocycles. The Balaban J connectivity index is 2.01. The quantitative estimate of drug-likeness (QED) is 0.854. The number of hydrogen-bond donors (Lipinski definition) is 0. The Labute approximate surface area is 130 Å².